The first kappa shape index (κ1) is 40.4. The SMILES string of the molecule is CCCCCC=CCC=CCCCCCCCCCC(=O)O[C@@H](CO)COC(=O)CCCCCCCCCCCCC. The molecule has 0 aliphatic rings. The Morgan fingerprint density at radius 2 is 0.952 bits per heavy atom. The van der Waals surface area contributed by atoms with Gasteiger partial charge in [0.1, 0.15) is 6.61 Å². The highest BCUT2D eigenvalue weighted by atomic mass is 16.6. The van der Waals surface area contributed by atoms with Crippen LogP contribution in [0.3, 0.4) is 0 Å². The summed E-state index contributed by atoms with van der Waals surface area (Å²) in [5.74, 6) is -0.597. The monoisotopic (exact) mass is 593 g/mol. The molecule has 1 atom stereocenters. The number of hydrogen-bond acceptors (Lipinski definition) is 5. The molecule has 5 nitrogen and oxygen atoms in total. The molecule has 42 heavy (non-hydrogen) atoms. The van der Waals surface area contributed by atoms with Crippen LogP contribution >= 0.6 is 0 Å². The lowest BCUT2D eigenvalue weighted by Crippen LogP contribution is -2.28. The summed E-state index contributed by atoms with van der Waals surface area (Å²) < 4.78 is 10.6. The first-order chi connectivity index (χ1) is 20.6. The molecule has 0 radical (unpaired) electrons. The fraction of sp³-hybridized carbons (Fsp3) is 0.838. The van der Waals surface area contributed by atoms with Crippen molar-refractivity contribution in [2.75, 3.05) is 13.2 Å². The van der Waals surface area contributed by atoms with Crippen LogP contribution in [0, 0.1) is 0 Å². The average Bonchev–Trinajstić information content (AvgIpc) is 2.99. The Kier molecular flexibility index (Phi) is 32.6. The number of carbonyl (C=O) groups excluding carboxylic acids is 2. The standard InChI is InChI=1S/C37H68O5/c1-3-5-7-9-11-13-15-16-17-18-19-20-22-24-26-28-30-32-37(40)42-35(33-38)34-41-36(39)31-29-27-25-23-21-14-12-10-8-6-4-2/h11,13,16-17,35,38H,3-10,12,14-15,18-34H2,1-2H3/t35-/m0/s1. The van der Waals surface area contributed by atoms with Crippen molar-refractivity contribution in [3.05, 3.63) is 24.3 Å². The van der Waals surface area contributed by atoms with E-state index in [1.807, 2.05) is 0 Å². The average molecular weight is 593 g/mol. The van der Waals surface area contributed by atoms with Crippen molar-refractivity contribution in [2.24, 2.45) is 0 Å². The van der Waals surface area contributed by atoms with E-state index in [9.17, 15) is 14.7 Å². The molecule has 0 aliphatic heterocycles. The first-order valence-electron chi connectivity index (χ1n) is 17.9. The van der Waals surface area contributed by atoms with Crippen LogP contribution in [0.25, 0.3) is 0 Å². The maximum Gasteiger partial charge on any atom is 0.306 e. The van der Waals surface area contributed by atoms with Crippen molar-refractivity contribution in [3.63, 3.8) is 0 Å². The summed E-state index contributed by atoms with van der Waals surface area (Å²) in [5, 5.41) is 9.51. The van der Waals surface area contributed by atoms with Gasteiger partial charge < -0.3 is 14.6 Å². The number of ether oxygens (including phenoxy) is 2. The molecular weight excluding hydrogens is 524 g/mol. The van der Waals surface area contributed by atoms with Crippen LogP contribution in [-0.4, -0.2) is 36.4 Å². The highest BCUT2D eigenvalue weighted by molar-refractivity contribution is 5.70. The van der Waals surface area contributed by atoms with Gasteiger partial charge in [-0.1, -0.05) is 147 Å². The van der Waals surface area contributed by atoms with Gasteiger partial charge in [-0.2, -0.15) is 0 Å². The summed E-state index contributed by atoms with van der Waals surface area (Å²) in [7, 11) is 0. The number of hydrogen-bond donors (Lipinski definition) is 1. The summed E-state index contributed by atoms with van der Waals surface area (Å²) in [5.41, 5.74) is 0. The minimum atomic E-state index is -0.769. The van der Waals surface area contributed by atoms with Crippen LogP contribution in [-0.2, 0) is 19.1 Å². The predicted molar refractivity (Wildman–Crippen MR) is 178 cm³/mol. The van der Waals surface area contributed by atoms with Gasteiger partial charge in [-0.25, -0.2) is 0 Å². The highest BCUT2D eigenvalue weighted by Gasteiger charge is 2.16. The molecule has 0 amide bonds. The second-order valence-electron chi connectivity index (χ2n) is 12.0. The second-order valence-corrected chi connectivity index (χ2v) is 12.0. The Hall–Kier alpha value is -1.62. The summed E-state index contributed by atoms with van der Waals surface area (Å²) in [6.45, 7) is 4.09. The van der Waals surface area contributed by atoms with Crippen LogP contribution < -0.4 is 0 Å². The van der Waals surface area contributed by atoms with Crippen LogP contribution in [0.5, 0.6) is 0 Å². The van der Waals surface area contributed by atoms with Crippen molar-refractivity contribution < 1.29 is 24.2 Å². The zero-order valence-electron chi connectivity index (χ0n) is 27.8. The molecule has 0 spiro atoms. The Morgan fingerprint density at radius 3 is 1.45 bits per heavy atom. The van der Waals surface area contributed by atoms with Gasteiger partial charge in [-0.3, -0.25) is 9.59 Å². The third-order valence-electron chi connectivity index (χ3n) is 7.75. The number of esters is 2. The molecule has 5 heteroatoms. The summed E-state index contributed by atoms with van der Waals surface area (Å²) in [4.78, 5) is 24.1. The van der Waals surface area contributed by atoms with Crippen LogP contribution in [0.1, 0.15) is 181 Å². The normalized spacial score (nSPS) is 12.4. The van der Waals surface area contributed by atoms with Gasteiger partial charge in [0.05, 0.1) is 6.61 Å². The van der Waals surface area contributed by atoms with Crippen molar-refractivity contribution in [1.82, 2.24) is 0 Å². The van der Waals surface area contributed by atoms with Crippen molar-refractivity contribution >= 4 is 11.9 Å². The largest absolute Gasteiger partial charge is 0.462 e. The van der Waals surface area contributed by atoms with Crippen molar-refractivity contribution in [1.29, 1.82) is 0 Å². The molecule has 1 N–H and O–H groups in total. The molecule has 246 valence electrons. The fourth-order valence-electron chi connectivity index (χ4n) is 4.99. The van der Waals surface area contributed by atoms with E-state index in [0.29, 0.717) is 12.8 Å². The topological polar surface area (TPSA) is 72.8 Å². The third-order valence-corrected chi connectivity index (χ3v) is 7.75. The molecule has 0 heterocycles. The van der Waals surface area contributed by atoms with Gasteiger partial charge >= 0.3 is 11.9 Å². The molecule has 0 aromatic rings. The number of aliphatic hydroxyl groups excluding tert-OH is 1. The Morgan fingerprint density at radius 1 is 0.548 bits per heavy atom. The Labute approximate surface area is 260 Å². The number of rotatable bonds is 32. The molecule has 0 aliphatic carbocycles. The van der Waals surface area contributed by atoms with Gasteiger partial charge in [-0.15, -0.1) is 0 Å². The van der Waals surface area contributed by atoms with Gasteiger partial charge in [0.2, 0.25) is 0 Å². The van der Waals surface area contributed by atoms with E-state index in [2.05, 4.69) is 38.2 Å². The number of unbranched alkanes of at least 4 members (excludes halogenated alkanes) is 20. The quantitative estimate of drug-likeness (QED) is 0.0478. The Balaban J connectivity index is 3.57. The van der Waals surface area contributed by atoms with E-state index >= 15 is 0 Å². The van der Waals surface area contributed by atoms with E-state index in [1.54, 1.807) is 0 Å². The predicted octanol–water partition coefficient (Wildman–Crippen LogP) is 10.7. The molecule has 0 aromatic carbocycles. The minimum absolute atomic E-state index is 0.0654. The van der Waals surface area contributed by atoms with Crippen molar-refractivity contribution in [2.45, 2.75) is 187 Å². The molecular formula is C37H68O5. The van der Waals surface area contributed by atoms with E-state index < -0.39 is 6.10 Å². The molecule has 0 fully saturated rings. The van der Waals surface area contributed by atoms with Gasteiger partial charge in [0.25, 0.3) is 0 Å². The van der Waals surface area contributed by atoms with Crippen LogP contribution in [0.2, 0.25) is 0 Å². The maximum atomic E-state index is 12.1. The molecule has 0 unspecified atom stereocenters. The van der Waals surface area contributed by atoms with E-state index in [4.69, 9.17) is 9.47 Å². The lowest BCUT2D eigenvalue weighted by Gasteiger charge is -2.15. The summed E-state index contributed by atoms with van der Waals surface area (Å²) in [6.07, 6.45) is 38.0. The molecule has 0 saturated heterocycles. The number of carbonyl (C=O) groups is 2. The van der Waals surface area contributed by atoms with E-state index in [-0.39, 0.29) is 25.2 Å². The number of aliphatic hydroxyl groups is 1. The summed E-state index contributed by atoms with van der Waals surface area (Å²) >= 11 is 0. The fourth-order valence-corrected chi connectivity index (χ4v) is 4.99. The van der Waals surface area contributed by atoms with E-state index in [1.165, 1.54) is 103 Å². The van der Waals surface area contributed by atoms with Crippen LogP contribution in [0.15, 0.2) is 24.3 Å². The maximum absolute atomic E-state index is 12.1. The highest BCUT2D eigenvalue weighted by Crippen LogP contribution is 2.13. The molecule has 0 rings (SSSR count). The first-order valence-corrected chi connectivity index (χ1v) is 17.9. The molecule has 0 bridgehead atoms. The van der Waals surface area contributed by atoms with Gasteiger partial charge in [-0.05, 0) is 44.9 Å². The zero-order chi connectivity index (χ0) is 30.8. The second kappa shape index (κ2) is 33.9. The smallest absolute Gasteiger partial charge is 0.306 e. The van der Waals surface area contributed by atoms with Gasteiger partial charge in [0.15, 0.2) is 6.10 Å². The summed E-state index contributed by atoms with van der Waals surface area (Å²) in [6, 6.07) is 0. The van der Waals surface area contributed by atoms with Crippen molar-refractivity contribution in [3.8, 4) is 0 Å². The lowest BCUT2D eigenvalue weighted by atomic mass is 10.1. The lowest BCUT2D eigenvalue weighted by molar-refractivity contribution is -0.161. The number of allylic oxidation sites excluding steroid dienone is 4. The van der Waals surface area contributed by atoms with E-state index in [0.717, 1.165) is 51.4 Å². The Bertz CT molecular complexity index is 642. The molecule has 0 aromatic heterocycles. The minimum Gasteiger partial charge on any atom is -0.462 e. The molecule has 0 saturated carbocycles. The zero-order valence-corrected chi connectivity index (χ0v) is 27.8. The third kappa shape index (κ3) is 31.3. The van der Waals surface area contributed by atoms with Crippen LogP contribution in [0.4, 0.5) is 0 Å². The van der Waals surface area contributed by atoms with Gasteiger partial charge in [0, 0.05) is 12.8 Å².